The number of allylic oxidation sites excluding steroid dienone is 5. The molecule has 0 amide bonds. The topological polar surface area (TPSA) is 0 Å². The third-order valence-electron chi connectivity index (χ3n) is 2.63. The number of benzene rings is 1. The lowest BCUT2D eigenvalue weighted by Crippen LogP contribution is -1.91. The first-order valence-electron chi connectivity index (χ1n) is 5.43. The maximum Gasteiger partial charge on any atom is -0.0213 e. The molecule has 0 heteroatoms. The Morgan fingerprint density at radius 1 is 1.00 bits per heavy atom. The minimum atomic E-state index is 0.576. The van der Waals surface area contributed by atoms with E-state index in [1.165, 1.54) is 16.7 Å². The molecule has 0 atom stereocenters. The monoisotopic (exact) mass is 196 g/mol. The van der Waals surface area contributed by atoms with Crippen molar-refractivity contribution in [1.29, 1.82) is 0 Å². The molecule has 0 unspecified atom stereocenters. The Morgan fingerprint density at radius 3 is 2.33 bits per heavy atom. The Labute approximate surface area is 91.6 Å². The van der Waals surface area contributed by atoms with Crippen LogP contribution in [0.4, 0.5) is 0 Å². The van der Waals surface area contributed by atoms with Gasteiger partial charge in [-0.15, -0.1) is 0 Å². The van der Waals surface area contributed by atoms with Crippen LogP contribution in [0.3, 0.4) is 0 Å². The van der Waals surface area contributed by atoms with Crippen molar-refractivity contribution in [2.75, 3.05) is 0 Å². The van der Waals surface area contributed by atoms with Crippen LogP contribution in [0, 0.1) is 0 Å². The van der Waals surface area contributed by atoms with Crippen LogP contribution >= 0.6 is 0 Å². The summed E-state index contributed by atoms with van der Waals surface area (Å²) in [5.74, 6) is 0.576. The van der Waals surface area contributed by atoms with Crippen LogP contribution in [0.1, 0.15) is 30.9 Å². The van der Waals surface area contributed by atoms with Gasteiger partial charge in [0.15, 0.2) is 0 Å². The summed E-state index contributed by atoms with van der Waals surface area (Å²) in [5.41, 5.74) is 4.03. The van der Waals surface area contributed by atoms with E-state index in [1.807, 2.05) is 0 Å². The van der Waals surface area contributed by atoms with Gasteiger partial charge < -0.3 is 0 Å². The maximum absolute atomic E-state index is 2.25. The first kappa shape index (κ1) is 9.97. The molecule has 0 radical (unpaired) electrons. The van der Waals surface area contributed by atoms with Crippen molar-refractivity contribution in [3.8, 4) is 0 Å². The summed E-state index contributed by atoms with van der Waals surface area (Å²) in [6.07, 6.45) is 10.7. The Morgan fingerprint density at radius 2 is 1.67 bits per heavy atom. The number of hydrogen-bond donors (Lipinski definition) is 0. The third kappa shape index (κ3) is 2.27. The minimum absolute atomic E-state index is 0.576. The first-order chi connectivity index (χ1) is 7.27. The maximum atomic E-state index is 2.25. The van der Waals surface area contributed by atoms with Crippen molar-refractivity contribution in [1.82, 2.24) is 0 Å². The number of rotatable bonds is 2. The molecule has 0 heterocycles. The molecule has 1 aliphatic carbocycles. The molecular formula is C15H16. The highest BCUT2D eigenvalue weighted by Gasteiger charge is 2.03. The molecule has 2 rings (SSSR count). The van der Waals surface area contributed by atoms with Crippen LogP contribution in [-0.2, 0) is 0 Å². The second-order valence-electron chi connectivity index (χ2n) is 4.15. The second-order valence-corrected chi connectivity index (χ2v) is 4.15. The lowest BCUT2D eigenvalue weighted by molar-refractivity contribution is 0.864. The predicted molar refractivity (Wildman–Crippen MR) is 66.8 cm³/mol. The normalized spacial score (nSPS) is 13.9. The molecule has 1 aromatic rings. The minimum Gasteiger partial charge on any atom is -0.0619 e. The van der Waals surface area contributed by atoms with E-state index in [0.29, 0.717) is 5.92 Å². The molecule has 1 aliphatic rings. The van der Waals surface area contributed by atoms with E-state index < -0.39 is 0 Å². The smallest absolute Gasteiger partial charge is 0.0213 e. The molecule has 15 heavy (non-hydrogen) atoms. The fourth-order valence-corrected chi connectivity index (χ4v) is 1.83. The van der Waals surface area contributed by atoms with Crippen molar-refractivity contribution in [2.24, 2.45) is 0 Å². The predicted octanol–water partition coefficient (Wildman–Crippen LogP) is 4.32. The molecule has 0 fully saturated rings. The van der Waals surface area contributed by atoms with Crippen LogP contribution in [0.5, 0.6) is 0 Å². The van der Waals surface area contributed by atoms with Gasteiger partial charge in [0, 0.05) is 0 Å². The Kier molecular flexibility index (Phi) is 2.86. The van der Waals surface area contributed by atoms with E-state index in [1.54, 1.807) is 0 Å². The average Bonchev–Trinajstić information content (AvgIpc) is 2.71. The first-order valence-corrected chi connectivity index (χ1v) is 5.43. The molecule has 0 aliphatic heterocycles. The summed E-state index contributed by atoms with van der Waals surface area (Å²) in [4.78, 5) is 0. The Bertz CT molecular complexity index is 417. The van der Waals surface area contributed by atoms with Crippen molar-refractivity contribution < 1.29 is 0 Å². The van der Waals surface area contributed by atoms with E-state index in [-0.39, 0.29) is 0 Å². The van der Waals surface area contributed by atoms with Crippen molar-refractivity contribution in [2.45, 2.75) is 19.8 Å². The van der Waals surface area contributed by atoms with Gasteiger partial charge in [0.1, 0.15) is 0 Å². The van der Waals surface area contributed by atoms with Gasteiger partial charge in [-0.05, 0) is 28.7 Å². The Hall–Kier alpha value is -1.56. The van der Waals surface area contributed by atoms with Gasteiger partial charge in [0.05, 0.1) is 0 Å². The lowest BCUT2D eigenvalue weighted by atomic mass is 9.96. The van der Waals surface area contributed by atoms with Crippen molar-refractivity contribution in [3.63, 3.8) is 0 Å². The van der Waals surface area contributed by atoms with Crippen LogP contribution in [0.15, 0.2) is 54.1 Å². The summed E-state index contributed by atoms with van der Waals surface area (Å²) in [7, 11) is 0. The van der Waals surface area contributed by atoms with Gasteiger partial charge in [0.2, 0.25) is 0 Å². The van der Waals surface area contributed by atoms with E-state index in [4.69, 9.17) is 0 Å². The molecule has 0 nitrogen and oxygen atoms in total. The second kappa shape index (κ2) is 4.31. The third-order valence-corrected chi connectivity index (χ3v) is 2.63. The van der Waals surface area contributed by atoms with E-state index in [9.17, 15) is 0 Å². The Balaban J connectivity index is 2.39. The number of hydrogen-bond acceptors (Lipinski definition) is 0. The molecule has 1 aromatic carbocycles. The standard InChI is InChI=1S/C15H16/c1-12(2)15-10-6-5-9-14(15)11-13-7-3-4-8-13/h3-12H,1-2H3. The molecular weight excluding hydrogens is 180 g/mol. The van der Waals surface area contributed by atoms with Gasteiger partial charge in [-0.1, -0.05) is 62.4 Å². The molecule has 76 valence electrons. The summed E-state index contributed by atoms with van der Waals surface area (Å²) >= 11 is 0. The highest BCUT2D eigenvalue weighted by Crippen LogP contribution is 2.22. The molecule has 0 spiro atoms. The largest absolute Gasteiger partial charge is 0.0619 e. The molecule has 0 aromatic heterocycles. The zero-order chi connectivity index (χ0) is 10.7. The van der Waals surface area contributed by atoms with Crippen molar-refractivity contribution in [3.05, 3.63) is 65.3 Å². The summed E-state index contributed by atoms with van der Waals surface area (Å²) in [5, 5.41) is 0. The van der Waals surface area contributed by atoms with Crippen LogP contribution in [0.25, 0.3) is 6.08 Å². The average molecular weight is 196 g/mol. The molecule has 0 saturated carbocycles. The van der Waals surface area contributed by atoms with Crippen LogP contribution in [-0.4, -0.2) is 0 Å². The van der Waals surface area contributed by atoms with Gasteiger partial charge in [-0.3, -0.25) is 0 Å². The summed E-state index contributed by atoms with van der Waals surface area (Å²) < 4.78 is 0. The fourth-order valence-electron chi connectivity index (χ4n) is 1.83. The van der Waals surface area contributed by atoms with E-state index in [2.05, 4.69) is 68.5 Å². The van der Waals surface area contributed by atoms with Gasteiger partial charge in [0.25, 0.3) is 0 Å². The van der Waals surface area contributed by atoms with Crippen LogP contribution < -0.4 is 0 Å². The van der Waals surface area contributed by atoms with Crippen molar-refractivity contribution >= 4 is 6.08 Å². The van der Waals surface area contributed by atoms with Gasteiger partial charge >= 0.3 is 0 Å². The highest BCUT2D eigenvalue weighted by molar-refractivity contribution is 5.64. The molecule has 0 saturated heterocycles. The zero-order valence-corrected chi connectivity index (χ0v) is 9.27. The quantitative estimate of drug-likeness (QED) is 0.660. The van der Waals surface area contributed by atoms with Crippen LogP contribution in [0.2, 0.25) is 0 Å². The van der Waals surface area contributed by atoms with Gasteiger partial charge in [-0.2, -0.15) is 0 Å². The van der Waals surface area contributed by atoms with Gasteiger partial charge in [-0.25, -0.2) is 0 Å². The molecule has 0 N–H and O–H groups in total. The molecule has 0 bridgehead atoms. The summed E-state index contributed by atoms with van der Waals surface area (Å²) in [6, 6.07) is 8.60. The van der Waals surface area contributed by atoms with E-state index >= 15 is 0 Å². The zero-order valence-electron chi connectivity index (χ0n) is 9.27. The fraction of sp³-hybridized carbons (Fsp3) is 0.200. The summed E-state index contributed by atoms with van der Waals surface area (Å²) in [6.45, 7) is 4.47. The van der Waals surface area contributed by atoms with E-state index in [0.717, 1.165) is 0 Å². The SMILES string of the molecule is CC(C)c1ccccc1C=C1C=CC=C1. The highest BCUT2D eigenvalue weighted by atomic mass is 14.1. The lowest BCUT2D eigenvalue weighted by Gasteiger charge is -2.09.